The van der Waals surface area contributed by atoms with Crippen LogP contribution in [0.3, 0.4) is 0 Å². The highest BCUT2D eigenvalue weighted by Crippen LogP contribution is 2.11. The van der Waals surface area contributed by atoms with Crippen LogP contribution in [0.1, 0.15) is 56.6 Å². The molecule has 0 saturated carbocycles. The van der Waals surface area contributed by atoms with Crippen LogP contribution in [0.25, 0.3) is 0 Å². The smallest absolute Gasteiger partial charge is 0.0233 e. The number of likely N-dealkylation sites (tertiary alicyclic amines) is 1. The van der Waals surface area contributed by atoms with Crippen molar-refractivity contribution in [1.82, 2.24) is 9.80 Å². The second-order valence-corrected chi connectivity index (χ2v) is 6.98. The number of benzene rings is 1. The van der Waals surface area contributed by atoms with Crippen molar-refractivity contribution in [2.45, 2.75) is 58.9 Å². The molecule has 0 aliphatic carbocycles. The van der Waals surface area contributed by atoms with Gasteiger partial charge in [0, 0.05) is 6.54 Å². The summed E-state index contributed by atoms with van der Waals surface area (Å²) in [5.74, 6) is 0. The molecular formula is C21H35N2. The fraction of sp³-hybridized carbons (Fsp3) is 0.667. The van der Waals surface area contributed by atoms with E-state index >= 15 is 0 Å². The van der Waals surface area contributed by atoms with Crippen molar-refractivity contribution in [3.63, 3.8) is 0 Å². The summed E-state index contributed by atoms with van der Waals surface area (Å²) in [6.45, 7) is 11.8. The molecule has 1 radical (unpaired) electrons. The fourth-order valence-corrected chi connectivity index (χ4v) is 3.35. The van der Waals surface area contributed by atoms with Crippen LogP contribution in [0.4, 0.5) is 0 Å². The van der Waals surface area contributed by atoms with Gasteiger partial charge >= 0.3 is 0 Å². The van der Waals surface area contributed by atoms with Crippen LogP contribution in [0.15, 0.2) is 24.3 Å². The number of aryl methyl sites for hydroxylation is 1. The molecular weight excluding hydrogens is 280 g/mol. The highest BCUT2D eigenvalue weighted by Gasteiger charge is 2.09. The van der Waals surface area contributed by atoms with E-state index in [1.807, 2.05) is 0 Å². The Morgan fingerprint density at radius 1 is 0.957 bits per heavy atom. The maximum atomic E-state index is 2.63. The van der Waals surface area contributed by atoms with Crippen LogP contribution in [-0.4, -0.2) is 42.5 Å². The lowest BCUT2D eigenvalue weighted by Gasteiger charge is -2.26. The van der Waals surface area contributed by atoms with E-state index in [-0.39, 0.29) is 0 Å². The van der Waals surface area contributed by atoms with Gasteiger partial charge in [-0.25, -0.2) is 0 Å². The molecule has 1 heterocycles. The van der Waals surface area contributed by atoms with E-state index in [1.165, 1.54) is 75.8 Å². The Hall–Kier alpha value is -0.860. The molecule has 1 aliphatic rings. The summed E-state index contributed by atoms with van der Waals surface area (Å²) >= 11 is 0. The lowest BCUT2D eigenvalue weighted by molar-refractivity contribution is 0.244. The first-order valence-electron chi connectivity index (χ1n) is 9.60. The third kappa shape index (κ3) is 7.50. The lowest BCUT2D eigenvalue weighted by atomic mass is 10.1. The minimum Gasteiger partial charge on any atom is -0.303 e. The highest BCUT2D eigenvalue weighted by atomic mass is 15.1. The Kier molecular flexibility index (Phi) is 8.70. The number of piperidine rings is 1. The van der Waals surface area contributed by atoms with Crippen molar-refractivity contribution < 1.29 is 0 Å². The van der Waals surface area contributed by atoms with Crippen LogP contribution < -0.4 is 0 Å². The third-order valence-corrected chi connectivity index (χ3v) is 4.97. The van der Waals surface area contributed by atoms with Gasteiger partial charge in [-0.15, -0.1) is 0 Å². The molecule has 23 heavy (non-hydrogen) atoms. The highest BCUT2D eigenvalue weighted by molar-refractivity contribution is 5.21. The molecule has 1 saturated heterocycles. The number of rotatable bonds is 10. The summed E-state index contributed by atoms with van der Waals surface area (Å²) < 4.78 is 0. The monoisotopic (exact) mass is 315 g/mol. The maximum Gasteiger partial charge on any atom is 0.0233 e. The van der Waals surface area contributed by atoms with Crippen molar-refractivity contribution >= 4 is 0 Å². The van der Waals surface area contributed by atoms with Gasteiger partial charge in [0.25, 0.3) is 0 Å². The zero-order chi connectivity index (χ0) is 16.3. The Labute approximate surface area is 143 Å². The molecule has 0 atom stereocenters. The normalized spacial score (nSPS) is 16.1. The molecule has 0 bridgehead atoms. The van der Waals surface area contributed by atoms with E-state index < -0.39 is 0 Å². The first-order chi connectivity index (χ1) is 11.3. The zero-order valence-corrected chi connectivity index (χ0v) is 15.3. The molecule has 0 spiro atoms. The fourth-order valence-electron chi connectivity index (χ4n) is 3.35. The molecule has 1 fully saturated rings. The van der Waals surface area contributed by atoms with Gasteiger partial charge in [0.2, 0.25) is 0 Å². The predicted molar refractivity (Wildman–Crippen MR) is 101 cm³/mol. The number of nitrogens with zero attached hydrogens (tertiary/aromatic N) is 2. The summed E-state index contributed by atoms with van der Waals surface area (Å²) in [4.78, 5) is 5.21. The van der Waals surface area contributed by atoms with Crippen molar-refractivity contribution in [3.8, 4) is 0 Å². The van der Waals surface area contributed by atoms with E-state index in [0.29, 0.717) is 0 Å². The average Bonchev–Trinajstić information content (AvgIpc) is 2.59. The Morgan fingerprint density at radius 3 is 2.35 bits per heavy atom. The Bertz CT molecular complexity index is 406. The summed E-state index contributed by atoms with van der Waals surface area (Å²) in [7, 11) is 0. The molecule has 2 nitrogen and oxygen atoms in total. The molecule has 129 valence electrons. The minimum absolute atomic E-state index is 1.10. The van der Waals surface area contributed by atoms with Crippen molar-refractivity contribution in [3.05, 3.63) is 41.8 Å². The average molecular weight is 316 g/mol. The molecule has 2 heteroatoms. The summed E-state index contributed by atoms with van der Waals surface area (Å²) in [6, 6.07) is 8.99. The standard InChI is InChI=1S/C21H35N2/c1-3-22(19-21-13-11-20(2)12-14-21)15-7-4-5-8-16-23-17-9-6-10-18-23/h6,11-14H,3-5,7-10,15-19H2,1-2H3. The molecule has 0 N–H and O–H groups in total. The SMILES string of the molecule is CCN(CCCCCCN1CC[CH]CC1)Cc1ccc(C)cc1. The number of hydrogen-bond donors (Lipinski definition) is 0. The zero-order valence-electron chi connectivity index (χ0n) is 15.3. The van der Waals surface area contributed by atoms with E-state index in [4.69, 9.17) is 0 Å². The molecule has 0 aromatic heterocycles. The summed E-state index contributed by atoms with van der Waals surface area (Å²) in [5, 5.41) is 0. The number of hydrogen-bond acceptors (Lipinski definition) is 2. The number of unbranched alkanes of at least 4 members (excludes halogenated alkanes) is 3. The topological polar surface area (TPSA) is 6.48 Å². The van der Waals surface area contributed by atoms with Gasteiger partial charge in [-0.3, -0.25) is 4.90 Å². The Morgan fingerprint density at radius 2 is 1.65 bits per heavy atom. The van der Waals surface area contributed by atoms with Gasteiger partial charge in [-0.1, -0.05) is 49.6 Å². The van der Waals surface area contributed by atoms with Crippen molar-refractivity contribution in [1.29, 1.82) is 0 Å². The van der Waals surface area contributed by atoms with E-state index in [1.54, 1.807) is 0 Å². The second kappa shape index (κ2) is 10.8. The van der Waals surface area contributed by atoms with E-state index in [9.17, 15) is 0 Å². The van der Waals surface area contributed by atoms with Gasteiger partial charge in [0.05, 0.1) is 0 Å². The van der Waals surface area contributed by atoms with E-state index in [0.717, 1.165) is 13.1 Å². The van der Waals surface area contributed by atoms with Crippen LogP contribution in [0, 0.1) is 13.3 Å². The summed E-state index contributed by atoms with van der Waals surface area (Å²) in [6.07, 6.45) is 10.5. The summed E-state index contributed by atoms with van der Waals surface area (Å²) in [5.41, 5.74) is 2.79. The molecule has 0 amide bonds. The first kappa shape index (κ1) is 18.5. The van der Waals surface area contributed by atoms with Crippen LogP contribution in [0.5, 0.6) is 0 Å². The minimum atomic E-state index is 1.10. The van der Waals surface area contributed by atoms with Gasteiger partial charge in [-0.2, -0.15) is 0 Å². The van der Waals surface area contributed by atoms with Gasteiger partial charge in [-0.05, 0) is 77.3 Å². The molecule has 1 aliphatic heterocycles. The van der Waals surface area contributed by atoms with Gasteiger partial charge in [0.1, 0.15) is 0 Å². The quantitative estimate of drug-likeness (QED) is 0.579. The van der Waals surface area contributed by atoms with Gasteiger partial charge < -0.3 is 4.90 Å². The van der Waals surface area contributed by atoms with Crippen molar-refractivity contribution in [2.75, 3.05) is 32.7 Å². The van der Waals surface area contributed by atoms with Crippen LogP contribution in [0.2, 0.25) is 0 Å². The Balaban J connectivity index is 1.53. The lowest BCUT2D eigenvalue weighted by Crippen LogP contribution is -2.30. The predicted octanol–water partition coefficient (Wildman–Crippen LogP) is 4.68. The van der Waals surface area contributed by atoms with Crippen LogP contribution >= 0.6 is 0 Å². The van der Waals surface area contributed by atoms with Crippen LogP contribution in [-0.2, 0) is 6.54 Å². The third-order valence-electron chi connectivity index (χ3n) is 4.97. The second-order valence-electron chi connectivity index (χ2n) is 6.98. The maximum absolute atomic E-state index is 2.63. The molecule has 1 aromatic rings. The molecule has 0 unspecified atom stereocenters. The van der Waals surface area contributed by atoms with E-state index in [2.05, 4.69) is 54.3 Å². The largest absolute Gasteiger partial charge is 0.303 e. The van der Waals surface area contributed by atoms with Crippen molar-refractivity contribution in [2.24, 2.45) is 0 Å². The molecule has 1 aromatic carbocycles. The van der Waals surface area contributed by atoms with Gasteiger partial charge in [0.15, 0.2) is 0 Å². The molecule has 2 rings (SSSR count). The first-order valence-corrected chi connectivity index (χ1v) is 9.60.